The normalized spacial score (nSPS) is 17.9. The Labute approximate surface area is 105 Å². The summed E-state index contributed by atoms with van der Waals surface area (Å²) < 4.78 is 1.52. The van der Waals surface area contributed by atoms with Gasteiger partial charge in [-0.3, -0.25) is 15.5 Å². The Bertz CT molecular complexity index is 449. The average Bonchev–Trinajstić information content (AvgIpc) is 2.57. The first kappa shape index (κ1) is 12.8. The van der Waals surface area contributed by atoms with Gasteiger partial charge in [0.2, 0.25) is 5.82 Å². The van der Waals surface area contributed by atoms with Gasteiger partial charge in [-0.15, -0.1) is 0 Å². The van der Waals surface area contributed by atoms with Crippen LogP contribution in [-0.2, 0) is 7.05 Å². The number of aromatic nitrogens is 2. The van der Waals surface area contributed by atoms with Crippen LogP contribution in [-0.4, -0.2) is 57.8 Å². The Morgan fingerprint density at radius 1 is 1.28 bits per heavy atom. The van der Waals surface area contributed by atoms with E-state index >= 15 is 0 Å². The molecule has 8 heteroatoms. The first-order valence-electron chi connectivity index (χ1n) is 5.87. The molecule has 18 heavy (non-hydrogen) atoms. The lowest BCUT2D eigenvalue weighted by atomic mass is 10.3. The van der Waals surface area contributed by atoms with Crippen molar-refractivity contribution in [3.05, 3.63) is 15.8 Å². The van der Waals surface area contributed by atoms with Gasteiger partial charge in [0.25, 0.3) is 0 Å². The summed E-state index contributed by atoms with van der Waals surface area (Å²) in [7, 11) is 3.77. The molecule has 0 aromatic carbocycles. The lowest BCUT2D eigenvalue weighted by Gasteiger charge is -2.32. The summed E-state index contributed by atoms with van der Waals surface area (Å²) in [6, 6.07) is 0. The van der Waals surface area contributed by atoms with Crippen molar-refractivity contribution >= 4 is 11.5 Å². The second-order valence-corrected chi connectivity index (χ2v) is 4.57. The fraction of sp³-hybridized carbons (Fsp3) is 0.700. The Morgan fingerprint density at radius 3 is 2.44 bits per heavy atom. The summed E-state index contributed by atoms with van der Waals surface area (Å²) in [5.41, 5.74) is 3.59. The Balaban J connectivity index is 2.16. The highest BCUT2D eigenvalue weighted by molar-refractivity contribution is 5.58. The molecular formula is C10H18N6O2. The molecule has 1 aromatic heterocycles. The van der Waals surface area contributed by atoms with E-state index in [-0.39, 0.29) is 10.6 Å². The van der Waals surface area contributed by atoms with Crippen LogP contribution < -0.4 is 5.43 Å². The number of hydrogen-bond donors (Lipinski definition) is 1. The van der Waals surface area contributed by atoms with Crippen LogP contribution in [0.5, 0.6) is 0 Å². The van der Waals surface area contributed by atoms with Crippen molar-refractivity contribution in [2.45, 2.75) is 6.92 Å². The molecule has 2 heterocycles. The number of likely N-dealkylation sites (N-methyl/N-ethyl adjacent to an activating group) is 1. The number of nitro groups is 1. The molecule has 1 saturated heterocycles. The second kappa shape index (κ2) is 4.91. The largest absolute Gasteiger partial charge is 0.335 e. The molecule has 0 spiro atoms. The zero-order chi connectivity index (χ0) is 13.3. The van der Waals surface area contributed by atoms with E-state index in [1.54, 1.807) is 14.0 Å². The number of hydrogen-bond acceptors (Lipinski definition) is 6. The third-order valence-electron chi connectivity index (χ3n) is 3.14. The van der Waals surface area contributed by atoms with Crippen LogP contribution >= 0.6 is 0 Å². The van der Waals surface area contributed by atoms with Gasteiger partial charge in [0, 0.05) is 33.2 Å². The highest BCUT2D eigenvalue weighted by atomic mass is 16.6. The van der Waals surface area contributed by atoms with Gasteiger partial charge in [-0.1, -0.05) is 0 Å². The maximum absolute atomic E-state index is 11.0. The molecule has 1 aromatic rings. The van der Waals surface area contributed by atoms with E-state index in [1.807, 2.05) is 5.01 Å². The zero-order valence-electron chi connectivity index (χ0n) is 10.9. The highest BCUT2D eigenvalue weighted by Gasteiger charge is 2.26. The Hall–Kier alpha value is -1.67. The fourth-order valence-corrected chi connectivity index (χ4v) is 2.06. The average molecular weight is 254 g/mol. The van der Waals surface area contributed by atoms with Gasteiger partial charge >= 0.3 is 5.69 Å². The maximum Gasteiger partial charge on any atom is 0.335 e. The fourth-order valence-electron chi connectivity index (χ4n) is 2.06. The van der Waals surface area contributed by atoms with Crippen molar-refractivity contribution in [3.8, 4) is 0 Å². The minimum Gasteiger partial charge on any atom is -0.304 e. The van der Waals surface area contributed by atoms with Crippen molar-refractivity contribution in [2.75, 3.05) is 38.7 Å². The molecule has 1 fully saturated rings. The standard InChI is InChI=1S/C10H18N6O2/c1-8-9(16(17)18)10(14(3)11-8)12-15-6-4-13(2)5-7-15/h12H,4-7H2,1-3H3. The van der Waals surface area contributed by atoms with Crippen molar-refractivity contribution in [1.29, 1.82) is 0 Å². The summed E-state index contributed by atoms with van der Waals surface area (Å²) in [6.07, 6.45) is 0. The van der Waals surface area contributed by atoms with Gasteiger partial charge in [0.05, 0.1) is 4.92 Å². The SMILES string of the molecule is Cc1nn(C)c(NN2CCN(C)CC2)c1[N+](=O)[O-]. The minimum absolute atomic E-state index is 0.0522. The zero-order valence-corrected chi connectivity index (χ0v) is 10.9. The van der Waals surface area contributed by atoms with Crippen molar-refractivity contribution < 1.29 is 4.92 Å². The quantitative estimate of drug-likeness (QED) is 0.613. The van der Waals surface area contributed by atoms with Gasteiger partial charge in [-0.25, -0.2) is 9.69 Å². The number of rotatable bonds is 3. The summed E-state index contributed by atoms with van der Waals surface area (Å²) in [6.45, 7) is 5.19. The van der Waals surface area contributed by atoms with Crippen LogP contribution in [0.4, 0.5) is 11.5 Å². The molecule has 1 aliphatic rings. The molecule has 100 valence electrons. The molecular weight excluding hydrogens is 236 g/mol. The lowest BCUT2D eigenvalue weighted by Crippen LogP contribution is -2.47. The van der Waals surface area contributed by atoms with Gasteiger partial charge < -0.3 is 4.90 Å². The number of aryl methyl sites for hydroxylation is 2. The van der Waals surface area contributed by atoms with Crippen molar-refractivity contribution in [2.24, 2.45) is 7.05 Å². The van der Waals surface area contributed by atoms with E-state index in [2.05, 4.69) is 22.5 Å². The number of piperazine rings is 1. The lowest BCUT2D eigenvalue weighted by molar-refractivity contribution is -0.384. The van der Waals surface area contributed by atoms with Gasteiger partial charge in [0.1, 0.15) is 5.69 Å². The van der Waals surface area contributed by atoms with Crippen molar-refractivity contribution in [3.63, 3.8) is 0 Å². The van der Waals surface area contributed by atoms with Crippen LogP contribution in [0.2, 0.25) is 0 Å². The van der Waals surface area contributed by atoms with Gasteiger partial charge in [0.15, 0.2) is 0 Å². The molecule has 0 bridgehead atoms. The number of anilines is 1. The summed E-state index contributed by atoms with van der Waals surface area (Å²) in [5, 5.41) is 17.1. The minimum atomic E-state index is -0.388. The predicted molar refractivity (Wildman–Crippen MR) is 67.3 cm³/mol. The van der Waals surface area contributed by atoms with Crippen molar-refractivity contribution in [1.82, 2.24) is 19.7 Å². The number of nitrogens with one attached hydrogen (secondary N) is 1. The predicted octanol–water partition coefficient (Wildman–Crippen LogP) is 0.211. The molecule has 8 nitrogen and oxygen atoms in total. The van der Waals surface area contributed by atoms with Crippen LogP contribution in [0.25, 0.3) is 0 Å². The van der Waals surface area contributed by atoms with Crippen LogP contribution in [0.15, 0.2) is 0 Å². The molecule has 1 N–H and O–H groups in total. The van der Waals surface area contributed by atoms with E-state index in [0.29, 0.717) is 11.5 Å². The van der Waals surface area contributed by atoms with E-state index in [4.69, 9.17) is 0 Å². The second-order valence-electron chi connectivity index (χ2n) is 4.57. The number of hydrazine groups is 1. The van der Waals surface area contributed by atoms with Crippen LogP contribution in [0.1, 0.15) is 5.69 Å². The third kappa shape index (κ3) is 2.44. The smallest absolute Gasteiger partial charge is 0.304 e. The Kier molecular flexibility index (Phi) is 3.48. The summed E-state index contributed by atoms with van der Waals surface area (Å²) >= 11 is 0. The van der Waals surface area contributed by atoms with E-state index in [1.165, 1.54) is 4.68 Å². The molecule has 0 amide bonds. The van der Waals surface area contributed by atoms with E-state index in [0.717, 1.165) is 26.2 Å². The Morgan fingerprint density at radius 2 is 1.89 bits per heavy atom. The molecule has 1 aliphatic heterocycles. The van der Waals surface area contributed by atoms with E-state index in [9.17, 15) is 10.1 Å². The molecule has 0 aliphatic carbocycles. The molecule has 2 rings (SSSR count). The van der Waals surface area contributed by atoms with Gasteiger partial charge in [-0.05, 0) is 14.0 Å². The third-order valence-corrected chi connectivity index (χ3v) is 3.14. The molecule has 0 radical (unpaired) electrons. The molecule has 0 saturated carbocycles. The van der Waals surface area contributed by atoms with Crippen LogP contribution in [0, 0.1) is 17.0 Å². The summed E-state index contributed by atoms with van der Waals surface area (Å²) in [4.78, 5) is 12.9. The first-order valence-corrected chi connectivity index (χ1v) is 5.87. The first-order chi connectivity index (χ1) is 8.49. The highest BCUT2D eigenvalue weighted by Crippen LogP contribution is 2.27. The van der Waals surface area contributed by atoms with Crippen LogP contribution in [0.3, 0.4) is 0 Å². The van der Waals surface area contributed by atoms with E-state index < -0.39 is 0 Å². The maximum atomic E-state index is 11.0. The number of nitrogens with zero attached hydrogens (tertiary/aromatic N) is 5. The monoisotopic (exact) mass is 254 g/mol. The summed E-state index contributed by atoms with van der Waals surface area (Å²) in [5.74, 6) is 0.446. The van der Waals surface area contributed by atoms with Gasteiger partial charge in [-0.2, -0.15) is 5.10 Å². The molecule has 0 unspecified atom stereocenters. The topological polar surface area (TPSA) is 79.5 Å². The molecule has 0 atom stereocenters.